The monoisotopic (exact) mass is 451 g/mol. The van der Waals surface area contributed by atoms with Crippen LogP contribution < -0.4 is 15.4 Å². The highest BCUT2D eigenvalue weighted by atomic mass is 35.5. The van der Waals surface area contributed by atoms with Gasteiger partial charge in [0, 0.05) is 21.2 Å². The molecule has 156 valence electrons. The Morgan fingerprint density at radius 3 is 2.30 bits per heavy atom. The first-order valence-electron chi connectivity index (χ1n) is 8.80. The lowest BCUT2D eigenvalue weighted by Gasteiger charge is -2.15. The summed E-state index contributed by atoms with van der Waals surface area (Å²) in [6, 6.07) is 20.6. The van der Waals surface area contributed by atoms with E-state index in [4.69, 9.17) is 11.6 Å². The van der Waals surface area contributed by atoms with E-state index in [1.54, 1.807) is 42.5 Å². The number of anilines is 2. The molecule has 3 aromatic rings. The van der Waals surface area contributed by atoms with Crippen LogP contribution in [0.15, 0.2) is 77.7 Å². The van der Waals surface area contributed by atoms with Crippen molar-refractivity contribution >= 4 is 41.0 Å². The molecule has 0 aliphatic carbocycles. The third-order valence-electron chi connectivity index (χ3n) is 3.89. The lowest BCUT2D eigenvalue weighted by atomic mass is 10.0. The summed E-state index contributed by atoms with van der Waals surface area (Å²) >= 11 is 6.69. The maximum absolute atomic E-state index is 12.5. The number of carbonyl (C=O) groups excluding carboxylic acids is 1. The zero-order valence-electron chi connectivity index (χ0n) is 15.5. The molecule has 3 rings (SSSR count). The summed E-state index contributed by atoms with van der Waals surface area (Å²) in [4.78, 5) is 13.0. The molecule has 0 unspecified atom stereocenters. The second-order valence-electron chi connectivity index (χ2n) is 6.20. The summed E-state index contributed by atoms with van der Waals surface area (Å²) in [7, 11) is 0. The number of amides is 2. The molecule has 0 spiro atoms. The minimum Gasteiger partial charge on any atom is -0.308 e. The fourth-order valence-electron chi connectivity index (χ4n) is 2.58. The van der Waals surface area contributed by atoms with Gasteiger partial charge in [0.05, 0.1) is 5.69 Å². The predicted octanol–water partition coefficient (Wildman–Crippen LogP) is 6.81. The number of benzene rings is 3. The fraction of sp³-hybridized carbons (Fsp3) is 0.0952. The van der Waals surface area contributed by atoms with Crippen molar-refractivity contribution in [3.8, 4) is 11.1 Å². The van der Waals surface area contributed by atoms with Crippen LogP contribution in [0.2, 0.25) is 5.02 Å². The molecule has 3 aromatic carbocycles. The first kappa shape index (κ1) is 22.0. The van der Waals surface area contributed by atoms with Crippen LogP contribution in [-0.4, -0.2) is 18.8 Å². The van der Waals surface area contributed by atoms with Crippen LogP contribution in [0.4, 0.5) is 29.3 Å². The molecule has 0 atom stereocenters. The lowest BCUT2D eigenvalue weighted by Crippen LogP contribution is -2.23. The zero-order chi connectivity index (χ0) is 21.6. The Kier molecular flexibility index (Phi) is 7.25. The highest BCUT2D eigenvalue weighted by Gasteiger charge is 2.26. The number of carbonyl (C=O) groups is 1. The van der Waals surface area contributed by atoms with Gasteiger partial charge in [-0.05, 0) is 53.9 Å². The smallest absolute Gasteiger partial charge is 0.308 e. The number of nitrogens with one attached hydrogen (secondary N) is 3. The lowest BCUT2D eigenvalue weighted by molar-refractivity contribution is -0.120. The van der Waals surface area contributed by atoms with Crippen molar-refractivity contribution in [1.29, 1.82) is 0 Å². The molecule has 3 N–H and O–H groups in total. The van der Waals surface area contributed by atoms with Gasteiger partial charge >= 0.3 is 12.2 Å². The first-order chi connectivity index (χ1) is 14.3. The highest BCUT2D eigenvalue weighted by molar-refractivity contribution is 7.97. The van der Waals surface area contributed by atoms with Crippen molar-refractivity contribution in [1.82, 2.24) is 4.72 Å². The Bertz CT molecular complexity index is 999. The summed E-state index contributed by atoms with van der Waals surface area (Å²) in [5, 5.41) is 6.02. The number of hydrogen-bond donors (Lipinski definition) is 3. The zero-order valence-corrected chi connectivity index (χ0v) is 17.0. The summed E-state index contributed by atoms with van der Waals surface area (Å²) < 4.78 is 39.4. The van der Waals surface area contributed by atoms with E-state index < -0.39 is 18.8 Å². The van der Waals surface area contributed by atoms with Gasteiger partial charge in [-0.1, -0.05) is 48.0 Å². The molecule has 9 heteroatoms. The third-order valence-corrected chi connectivity index (χ3v) is 4.92. The van der Waals surface area contributed by atoms with Gasteiger partial charge in [0.25, 0.3) is 0 Å². The largest absolute Gasteiger partial charge is 0.402 e. The Hall–Kier alpha value is -2.68. The molecule has 0 aromatic heterocycles. The fourth-order valence-corrected chi connectivity index (χ4v) is 3.42. The maximum Gasteiger partial charge on any atom is 0.402 e. The molecule has 30 heavy (non-hydrogen) atoms. The summed E-state index contributed by atoms with van der Waals surface area (Å²) in [6.45, 7) is -1.13. The average Bonchev–Trinajstić information content (AvgIpc) is 2.70. The van der Waals surface area contributed by atoms with Gasteiger partial charge < -0.3 is 10.6 Å². The summed E-state index contributed by atoms with van der Waals surface area (Å²) in [5.74, 6) is 0. The van der Waals surface area contributed by atoms with Gasteiger partial charge in [-0.3, -0.25) is 4.72 Å². The van der Waals surface area contributed by atoms with Gasteiger partial charge in [0.2, 0.25) is 0 Å². The van der Waals surface area contributed by atoms with E-state index in [2.05, 4.69) is 15.4 Å². The Morgan fingerprint density at radius 1 is 0.933 bits per heavy atom. The normalized spacial score (nSPS) is 11.2. The predicted molar refractivity (Wildman–Crippen MR) is 116 cm³/mol. The molecule has 0 saturated heterocycles. The van der Waals surface area contributed by atoms with E-state index in [0.29, 0.717) is 21.3 Å². The van der Waals surface area contributed by atoms with Gasteiger partial charge in [-0.25, -0.2) is 4.79 Å². The summed E-state index contributed by atoms with van der Waals surface area (Å²) in [6.07, 6.45) is -4.31. The minimum absolute atomic E-state index is 0.464. The van der Waals surface area contributed by atoms with Crippen LogP contribution in [0.5, 0.6) is 0 Å². The quantitative estimate of drug-likeness (QED) is 0.361. The van der Waals surface area contributed by atoms with E-state index in [9.17, 15) is 18.0 Å². The number of urea groups is 1. The van der Waals surface area contributed by atoms with Gasteiger partial charge in [-0.15, -0.1) is 0 Å². The molecule has 0 radical (unpaired) electrons. The van der Waals surface area contributed by atoms with E-state index in [-0.39, 0.29) is 0 Å². The molecule has 0 aliphatic rings. The van der Waals surface area contributed by atoms with Crippen LogP contribution in [0.1, 0.15) is 0 Å². The topological polar surface area (TPSA) is 53.2 Å². The van der Waals surface area contributed by atoms with Crippen molar-refractivity contribution < 1.29 is 18.0 Å². The SMILES string of the molecule is O=C(Nc1ccc(Cl)cc1)Nc1cc(SNCC(F)(F)F)ccc1-c1ccccc1. The van der Waals surface area contributed by atoms with E-state index >= 15 is 0 Å². The Morgan fingerprint density at radius 2 is 1.63 bits per heavy atom. The second-order valence-corrected chi connectivity index (χ2v) is 7.60. The van der Waals surface area contributed by atoms with Crippen molar-refractivity contribution in [2.45, 2.75) is 11.1 Å². The van der Waals surface area contributed by atoms with Crippen LogP contribution in [0, 0.1) is 0 Å². The first-order valence-corrected chi connectivity index (χ1v) is 9.99. The summed E-state index contributed by atoms with van der Waals surface area (Å²) in [5.41, 5.74) is 2.61. The second kappa shape index (κ2) is 9.88. The molecule has 0 aliphatic heterocycles. The van der Waals surface area contributed by atoms with Crippen LogP contribution >= 0.6 is 23.5 Å². The van der Waals surface area contributed by atoms with Crippen molar-refractivity contribution in [3.05, 3.63) is 77.8 Å². The number of alkyl halides is 3. The highest BCUT2D eigenvalue weighted by Crippen LogP contribution is 2.32. The molecule has 0 bridgehead atoms. The molecule has 4 nitrogen and oxygen atoms in total. The molecular formula is C21H17ClF3N3OS. The maximum atomic E-state index is 12.5. The van der Waals surface area contributed by atoms with Gasteiger partial charge in [0.1, 0.15) is 6.54 Å². The average molecular weight is 452 g/mol. The number of halogens is 4. The van der Waals surface area contributed by atoms with Crippen molar-refractivity contribution in [2.75, 3.05) is 17.2 Å². The van der Waals surface area contributed by atoms with Crippen LogP contribution in [-0.2, 0) is 0 Å². The molecule has 0 fully saturated rings. The van der Waals surface area contributed by atoms with E-state index in [1.165, 1.54) is 0 Å². The molecule has 0 heterocycles. The van der Waals surface area contributed by atoms with Crippen LogP contribution in [0.25, 0.3) is 11.1 Å². The van der Waals surface area contributed by atoms with Gasteiger partial charge in [0.15, 0.2) is 0 Å². The molecular weight excluding hydrogens is 435 g/mol. The van der Waals surface area contributed by atoms with Crippen molar-refractivity contribution in [3.63, 3.8) is 0 Å². The molecule has 2 amide bonds. The van der Waals surface area contributed by atoms with Crippen LogP contribution in [0.3, 0.4) is 0 Å². The van der Waals surface area contributed by atoms with Crippen molar-refractivity contribution in [2.24, 2.45) is 0 Å². The van der Waals surface area contributed by atoms with E-state index in [0.717, 1.165) is 23.1 Å². The molecule has 0 saturated carbocycles. The third kappa shape index (κ3) is 6.69. The Balaban J connectivity index is 1.80. The van der Waals surface area contributed by atoms with E-state index in [1.807, 2.05) is 30.3 Å². The standard InChI is InChI=1S/C21H17ClF3N3OS/c22-15-6-8-16(9-7-15)27-20(29)28-19-12-17(30-26-13-21(23,24)25)10-11-18(19)14-4-2-1-3-5-14/h1-12,26H,13H2,(H2,27,28,29). The number of hydrogen-bond acceptors (Lipinski definition) is 3. The minimum atomic E-state index is -4.31. The Labute approximate surface area is 181 Å². The number of rotatable bonds is 6. The van der Waals surface area contributed by atoms with Gasteiger partial charge in [-0.2, -0.15) is 13.2 Å².